The van der Waals surface area contributed by atoms with Gasteiger partial charge in [0.1, 0.15) is 0 Å². The molecule has 0 saturated carbocycles. The third-order valence-corrected chi connectivity index (χ3v) is 5.37. The Balaban J connectivity index is 1.34. The average Bonchev–Trinajstić information content (AvgIpc) is 3.20. The van der Waals surface area contributed by atoms with Gasteiger partial charge in [0.25, 0.3) is 5.91 Å². The number of likely N-dealkylation sites (tertiary alicyclic amines) is 1. The maximum Gasteiger partial charge on any atom is 0.253 e. The first kappa shape index (κ1) is 18.6. The Morgan fingerprint density at radius 3 is 2.29 bits per heavy atom. The summed E-state index contributed by atoms with van der Waals surface area (Å²) in [5.41, 5.74) is 1.44. The largest absolute Gasteiger partial charge is 0.378 e. The van der Waals surface area contributed by atoms with Crippen molar-refractivity contribution in [3.05, 3.63) is 35.7 Å². The summed E-state index contributed by atoms with van der Waals surface area (Å²) in [6.45, 7) is 5.51. The Kier molecular flexibility index (Phi) is 5.38. The van der Waals surface area contributed by atoms with Gasteiger partial charge in [0.15, 0.2) is 0 Å². The van der Waals surface area contributed by atoms with Gasteiger partial charge in [-0.1, -0.05) is 17.3 Å². The van der Waals surface area contributed by atoms with E-state index in [0.29, 0.717) is 69.5 Å². The van der Waals surface area contributed by atoms with E-state index in [9.17, 15) is 9.59 Å². The normalized spacial score (nSPS) is 18.3. The van der Waals surface area contributed by atoms with Crippen LogP contribution in [0.4, 0.5) is 0 Å². The molecule has 2 aliphatic rings. The van der Waals surface area contributed by atoms with Crippen LogP contribution in [0, 0.1) is 12.8 Å². The minimum Gasteiger partial charge on any atom is -0.378 e. The fourth-order valence-electron chi connectivity index (χ4n) is 3.73. The standard InChI is InChI=1S/C20H24N4O4/c1-14-21-18(22-28-14)15-2-4-16(5-3-15)19(25)23-8-6-17(7-9-23)20(26)24-10-12-27-13-11-24/h2-5,17H,6-13H2,1H3. The number of ether oxygens (including phenoxy) is 1. The summed E-state index contributed by atoms with van der Waals surface area (Å²) in [4.78, 5) is 33.3. The molecule has 0 bridgehead atoms. The molecule has 0 aliphatic carbocycles. The molecule has 28 heavy (non-hydrogen) atoms. The molecule has 0 N–H and O–H groups in total. The second-order valence-corrected chi connectivity index (χ2v) is 7.22. The number of aryl methyl sites for hydroxylation is 1. The zero-order valence-corrected chi connectivity index (χ0v) is 16.0. The predicted molar refractivity (Wildman–Crippen MR) is 100 cm³/mol. The first-order valence-electron chi connectivity index (χ1n) is 9.68. The number of rotatable bonds is 3. The number of carbonyl (C=O) groups excluding carboxylic acids is 2. The van der Waals surface area contributed by atoms with Crippen molar-refractivity contribution in [3.63, 3.8) is 0 Å². The van der Waals surface area contributed by atoms with Crippen LogP contribution in [0.5, 0.6) is 0 Å². The lowest BCUT2D eigenvalue weighted by molar-refractivity contribution is -0.141. The van der Waals surface area contributed by atoms with Crippen molar-refractivity contribution in [3.8, 4) is 11.4 Å². The lowest BCUT2D eigenvalue weighted by Gasteiger charge is -2.35. The van der Waals surface area contributed by atoms with Crippen molar-refractivity contribution in [2.24, 2.45) is 5.92 Å². The van der Waals surface area contributed by atoms with Crippen LogP contribution in [-0.2, 0) is 9.53 Å². The molecule has 2 aliphatic heterocycles. The molecule has 0 unspecified atom stereocenters. The lowest BCUT2D eigenvalue weighted by atomic mass is 9.94. The van der Waals surface area contributed by atoms with Crippen molar-refractivity contribution >= 4 is 11.8 Å². The number of nitrogens with zero attached hydrogens (tertiary/aromatic N) is 4. The molecule has 1 aromatic heterocycles. The molecule has 2 aromatic rings. The number of piperidine rings is 1. The Morgan fingerprint density at radius 2 is 1.68 bits per heavy atom. The van der Waals surface area contributed by atoms with Gasteiger partial charge in [-0.3, -0.25) is 9.59 Å². The summed E-state index contributed by atoms with van der Waals surface area (Å²) in [6, 6.07) is 7.22. The quantitative estimate of drug-likeness (QED) is 0.801. The minimum absolute atomic E-state index is 0.00556. The van der Waals surface area contributed by atoms with E-state index in [-0.39, 0.29) is 17.7 Å². The van der Waals surface area contributed by atoms with E-state index in [2.05, 4.69) is 10.1 Å². The van der Waals surface area contributed by atoms with Gasteiger partial charge < -0.3 is 19.1 Å². The second-order valence-electron chi connectivity index (χ2n) is 7.22. The molecule has 2 fully saturated rings. The summed E-state index contributed by atoms with van der Waals surface area (Å²) in [5.74, 6) is 1.22. The molecular weight excluding hydrogens is 360 g/mol. The highest BCUT2D eigenvalue weighted by Crippen LogP contribution is 2.23. The fraction of sp³-hybridized carbons (Fsp3) is 0.500. The average molecular weight is 384 g/mol. The molecule has 3 heterocycles. The van der Waals surface area contributed by atoms with Crippen LogP contribution in [-0.4, -0.2) is 71.1 Å². The van der Waals surface area contributed by atoms with Gasteiger partial charge in [0.05, 0.1) is 13.2 Å². The number of benzene rings is 1. The van der Waals surface area contributed by atoms with E-state index < -0.39 is 0 Å². The summed E-state index contributed by atoms with van der Waals surface area (Å²) >= 11 is 0. The molecule has 2 saturated heterocycles. The van der Waals surface area contributed by atoms with Crippen LogP contribution < -0.4 is 0 Å². The highest BCUT2D eigenvalue weighted by atomic mass is 16.5. The number of hydrogen-bond acceptors (Lipinski definition) is 6. The third-order valence-electron chi connectivity index (χ3n) is 5.37. The maximum atomic E-state index is 12.8. The lowest BCUT2D eigenvalue weighted by Crippen LogP contribution is -2.47. The monoisotopic (exact) mass is 384 g/mol. The molecule has 8 heteroatoms. The van der Waals surface area contributed by atoms with Gasteiger partial charge in [-0.2, -0.15) is 4.98 Å². The topological polar surface area (TPSA) is 88.8 Å². The van der Waals surface area contributed by atoms with Crippen molar-refractivity contribution in [1.29, 1.82) is 0 Å². The summed E-state index contributed by atoms with van der Waals surface area (Å²) in [5, 5.41) is 3.89. The first-order valence-corrected chi connectivity index (χ1v) is 9.68. The van der Waals surface area contributed by atoms with Crippen LogP contribution >= 0.6 is 0 Å². The zero-order valence-electron chi connectivity index (χ0n) is 16.0. The smallest absolute Gasteiger partial charge is 0.253 e. The third kappa shape index (κ3) is 3.91. The number of aromatic nitrogens is 2. The molecule has 4 rings (SSSR count). The van der Waals surface area contributed by atoms with Gasteiger partial charge in [0, 0.05) is 50.1 Å². The van der Waals surface area contributed by atoms with Crippen LogP contribution in [0.25, 0.3) is 11.4 Å². The maximum absolute atomic E-state index is 12.8. The molecule has 0 radical (unpaired) electrons. The van der Waals surface area contributed by atoms with Crippen molar-refractivity contribution in [2.75, 3.05) is 39.4 Å². The van der Waals surface area contributed by atoms with Crippen molar-refractivity contribution < 1.29 is 18.8 Å². The van der Waals surface area contributed by atoms with E-state index in [1.54, 1.807) is 19.1 Å². The van der Waals surface area contributed by atoms with E-state index in [1.807, 2.05) is 21.9 Å². The zero-order chi connectivity index (χ0) is 19.5. The minimum atomic E-state index is -0.00638. The Bertz CT molecular complexity index is 834. The number of hydrogen-bond donors (Lipinski definition) is 0. The molecule has 8 nitrogen and oxygen atoms in total. The van der Waals surface area contributed by atoms with Gasteiger partial charge in [-0.25, -0.2) is 0 Å². The van der Waals surface area contributed by atoms with Crippen LogP contribution in [0.15, 0.2) is 28.8 Å². The summed E-state index contributed by atoms with van der Waals surface area (Å²) in [6.07, 6.45) is 1.42. The molecule has 1 aromatic carbocycles. The Morgan fingerprint density at radius 1 is 1.00 bits per heavy atom. The molecule has 148 valence electrons. The van der Waals surface area contributed by atoms with Gasteiger partial charge in [-0.15, -0.1) is 0 Å². The van der Waals surface area contributed by atoms with Crippen LogP contribution in [0.1, 0.15) is 29.1 Å². The van der Waals surface area contributed by atoms with Gasteiger partial charge >= 0.3 is 0 Å². The second kappa shape index (κ2) is 8.10. The SMILES string of the molecule is Cc1nc(-c2ccc(C(=O)N3CCC(C(=O)N4CCOCC4)CC3)cc2)no1. The predicted octanol–water partition coefficient (Wildman–Crippen LogP) is 1.76. The van der Waals surface area contributed by atoms with Crippen molar-refractivity contribution in [1.82, 2.24) is 19.9 Å². The molecular formula is C20H24N4O4. The number of amides is 2. The van der Waals surface area contributed by atoms with E-state index >= 15 is 0 Å². The van der Waals surface area contributed by atoms with Gasteiger partial charge in [-0.05, 0) is 25.0 Å². The summed E-state index contributed by atoms with van der Waals surface area (Å²) < 4.78 is 10.3. The molecule has 0 spiro atoms. The van der Waals surface area contributed by atoms with Crippen molar-refractivity contribution in [2.45, 2.75) is 19.8 Å². The van der Waals surface area contributed by atoms with E-state index in [4.69, 9.17) is 9.26 Å². The number of morpholine rings is 1. The Labute approximate surface area is 163 Å². The van der Waals surface area contributed by atoms with Gasteiger partial charge in [0.2, 0.25) is 17.6 Å². The first-order chi connectivity index (χ1) is 13.6. The van der Waals surface area contributed by atoms with E-state index in [0.717, 1.165) is 5.56 Å². The molecule has 2 amide bonds. The highest BCUT2D eigenvalue weighted by Gasteiger charge is 2.31. The fourth-order valence-corrected chi connectivity index (χ4v) is 3.73. The number of carbonyl (C=O) groups is 2. The van der Waals surface area contributed by atoms with Crippen LogP contribution in [0.2, 0.25) is 0 Å². The van der Waals surface area contributed by atoms with E-state index in [1.165, 1.54) is 0 Å². The van der Waals surface area contributed by atoms with Crippen LogP contribution in [0.3, 0.4) is 0 Å². The Hall–Kier alpha value is -2.74. The highest BCUT2D eigenvalue weighted by molar-refractivity contribution is 5.94. The molecule has 0 atom stereocenters. The summed E-state index contributed by atoms with van der Waals surface area (Å²) in [7, 11) is 0.